The van der Waals surface area contributed by atoms with Gasteiger partial charge in [-0.15, -0.1) is 0 Å². The van der Waals surface area contributed by atoms with Gasteiger partial charge >= 0.3 is 0 Å². The predicted molar refractivity (Wildman–Crippen MR) is 123 cm³/mol. The molecule has 1 aliphatic rings. The Morgan fingerprint density at radius 1 is 1.12 bits per heavy atom. The van der Waals surface area contributed by atoms with Gasteiger partial charge in [0.15, 0.2) is 0 Å². The fourth-order valence-corrected chi connectivity index (χ4v) is 4.01. The first-order valence-corrected chi connectivity index (χ1v) is 11.2. The first kappa shape index (κ1) is 21.7. The van der Waals surface area contributed by atoms with E-state index in [1.165, 1.54) is 5.56 Å². The summed E-state index contributed by atoms with van der Waals surface area (Å²) in [7, 11) is 0. The number of aromatic nitrogens is 3. The number of amides is 2. The van der Waals surface area contributed by atoms with Gasteiger partial charge in [0.25, 0.3) is 0 Å². The number of nitrogens with zero attached hydrogens (tertiary/aromatic N) is 4. The zero-order chi connectivity index (χ0) is 22.5. The maximum absolute atomic E-state index is 12.8. The van der Waals surface area contributed by atoms with Crippen LogP contribution in [0, 0.1) is 12.8 Å². The lowest BCUT2D eigenvalue weighted by atomic mass is 10.1. The summed E-state index contributed by atoms with van der Waals surface area (Å²) in [5.41, 5.74) is 3.08. The number of anilines is 1. The van der Waals surface area contributed by atoms with Gasteiger partial charge in [-0.3, -0.25) is 14.2 Å². The molecule has 0 radical (unpaired) electrons. The van der Waals surface area contributed by atoms with Gasteiger partial charge in [-0.25, -0.2) is 9.97 Å². The molecule has 1 atom stereocenters. The van der Waals surface area contributed by atoms with Crippen LogP contribution >= 0.6 is 0 Å². The van der Waals surface area contributed by atoms with Crippen LogP contribution in [0.2, 0.25) is 0 Å². The minimum absolute atomic E-state index is 0.00626. The van der Waals surface area contributed by atoms with Crippen molar-refractivity contribution in [2.45, 2.75) is 46.1 Å². The molecule has 1 aromatic carbocycles. The minimum atomic E-state index is -0.348. The molecule has 7 nitrogen and oxygen atoms in total. The first-order chi connectivity index (χ1) is 15.5. The molecular weight excluding hydrogens is 402 g/mol. The van der Waals surface area contributed by atoms with Crippen LogP contribution in [0.4, 0.5) is 5.69 Å². The number of hydrogen-bond acceptors (Lipinski definition) is 4. The highest BCUT2D eigenvalue weighted by Gasteiger charge is 2.35. The summed E-state index contributed by atoms with van der Waals surface area (Å²) in [4.78, 5) is 35.6. The van der Waals surface area contributed by atoms with Crippen LogP contribution in [0.15, 0.2) is 55.0 Å². The quantitative estimate of drug-likeness (QED) is 0.591. The van der Waals surface area contributed by atoms with Gasteiger partial charge in [-0.05, 0) is 55.2 Å². The molecule has 1 fully saturated rings. The number of rotatable bonds is 8. The SMILES string of the molecule is CCCCc1ccc(N2CC(C(=O)NCc3ccnc(-n4ccnc4C)c3)CC2=O)cc1. The molecule has 166 valence electrons. The Bertz CT molecular complexity index is 1090. The molecule has 1 unspecified atom stereocenters. The molecule has 1 N–H and O–H groups in total. The van der Waals surface area contributed by atoms with Crippen molar-refractivity contribution in [3.63, 3.8) is 0 Å². The molecule has 0 aliphatic carbocycles. The lowest BCUT2D eigenvalue weighted by molar-refractivity contribution is -0.126. The molecule has 7 heteroatoms. The molecular formula is C25H29N5O2. The standard InChI is InChI=1S/C25H29N5O2/c1-3-4-5-19-6-8-22(9-7-19)30-17-21(15-24(30)31)25(32)28-16-20-10-11-27-23(14-20)29-13-12-26-18(29)2/h6-14,21H,3-5,15-17H2,1-2H3,(H,28,32). The summed E-state index contributed by atoms with van der Waals surface area (Å²) in [6.45, 7) is 4.89. The topological polar surface area (TPSA) is 80.1 Å². The van der Waals surface area contributed by atoms with Crippen molar-refractivity contribution in [1.29, 1.82) is 0 Å². The van der Waals surface area contributed by atoms with Gasteiger partial charge in [0.2, 0.25) is 11.8 Å². The molecule has 32 heavy (non-hydrogen) atoms. The first-order valence-electron chi connectivity index (χ1n) is 11.2. The molecule has 3 aromatic rings. The van der Waals surface area contributed by atoms with E-state index >= 15 is 0 Å². The monoisotopic (exact) mass is 431 g/mol. The molecule has 1 aliphatic heterocycles. The van der Waals surface area contributed by atoms with Crippen LogP contribution in [0.25, 0.3) is 5.82 Å². The highest BCUT2D eigenvalue weighted by atomic mass is 16.2. The van der Waals surface area contributed by atoms with Crippen LogP contribution < -0.4 is 10.2 Å². The average molecular weight is 432 g/mol. The van der Waals surface area contributed by atoms with Crippen molar-refractivity contribution >= 4 is 17.5 Å². The van der Waals surface area contributed by atoms with Crippen LogP contribution in [0.1, 0.15) is 43.1 Å². The Morgan fingerprint density at radius 3 is 2.66 bits per heavy atom. The van der Waals surface area contributed by atoms with Crippen molar-refractivity contribution in [3.8, 4) is 5.82 Å². The van der Waals surface area contributed by atoms with E-state index < -0.39 is 0 Å². The van der Waals surface area contributed by atoms with Crippen molar-refractivity contribution in [3.05, 3.63) is 71.9 Å². The largest absolute Gasteiger partial charge is 0.352 e. The summed E-state index contributed by atoms with van der Waals surface area (Å²) in [6.07, 6.45) is 8.91. The highest BCUT2D eigenvalue weighted by molar-refractivity contribution is 6.00. The Kier molecular flexibility index (Phi) is 6.63. The van der Waals surface area contributed by atoms with Gasteiger partial charge < -0.3 is 10.2 Å². The summed E-state index contributed by atoms with van der Waals surface area (Å²) in [6, 6.07) is 11.9. The van der Waals surface area contributed by atoms with Gasteiger partial charge in [-0.2, -0.15) is 0 Å². The Balaban J connectivity index is 1.35. The third-order valence-corrected chi connectivity index (χ3v) is 5.91. The van der Waals surface area contributed by atoms with Crippen molar-refractivity contribution in [2.75, 3.05) is 11.4 Å². The molecule has 1 saturated heterocycles. The van der Waals surface area contributed by atoms with E-state index in [0.29, 0.717) is 13.1 Å². The molecule has 0 spiro atoms. The normalized spacial score (nSPS) is 15.9. The number of carbonyl (C=O) groups excluding carboxylic acids is 2. The fraction of sp³-hybridized carbons (Fsp3) is 0.360. The second kappa shape index (κ2) is 9.77. The number of aryl methyl sites for hydroxylation is 2. The van der Waals surface area contributed by atoms with Crippen molar-refractivity contribution in [1.82, 2.24) is 19.9 Å². The maximum atomic E-state index is 12.8. The summed E-state index contributed by atoms with van der Waals surface area (Å²) >= 11 is 0. The van der Waals surface area contributed by atoms with Gasteiger partial charge in [0, 0.05) is 43.8 Å². The summed E-state index contributed by atoms with van der Waals surface area (Å²) in [5, 5.41) is 2.98. The van der Waals surface area contributed by atoms with Crippen molar-refractivity contribution in [2.24, 2.45) is 5.92 Å². The lowest BCUT2D eigenvalue weighted by Crippen LogP contribution is -2.32. The zero-order valence-corrected chi connectivity index (χ0v) is 18.6. The summed E-state index contributed by atoms with van der Waals surface area (Å²) in [5.74, 6) is 1.16. The number of carbonyl (C=O) groups is 2. The molecule has 2 amide bonds. The van der Waals surface area contributed by atoms with Crippen LogP contribution in [0.3, 0.4) is 0 Å². The van der Waals surface area contributed by atoms with E-state index in [4.69, 9.17) is 0 Å². The van der Waals surface area contributed by atoms with Gasteiger partial charge in [0.05, 0.1) is 5.92 Å². The van der Waals surface area contributed by atoms with E-state index in [9.17, 15) is 9.59 Å². The van der Waals surface area contributed by atoms with E-state index in [1.807, 2.05) is 42.0 Å². The van der Waals surface area contributed by atoms with Crippen LogP contribution in [0.5, 0.6) is 0 Å². The average Bonchev–Trinajstić information content (AvgIpc) is 3.42. The molecule has 0 saturated carbocycles. The maximum Gasteiger partial charge on any atom is 0.227 e. The van der Waals surface area contributed by atoms with E-state index in [-0.39, 0.29) is 24.2 Å². The van der Waals surface area contributed by atoms with E-state index in [1.54, 1.807) is 17.3 Å². The summed E-state index contributed by atoms with van der Waals surface area (Å²) < 4.78 is 1.90. The second-order valence-electron chi connectivity index (χ2n) is 8.26. The number of nitrogens with one attached hydrogen (secondary N) is 1. The number of imidazole rings is 1. The molecule has 3 heterocycles. The molecule has 2 aromatic heterocycles. The van der Waals surface area contributed by atoms with Crippen molar-refractivity contribution < 1.29 is 9.59 Å². The molecule has 0 bridgehead atoms. The lowest BCUT2D eigenvalue weighted by Gasteiger charge is -2.17. The highest BCUT2D eigenvalue weighted by Crippen LogP contribution is 2.26. The zero-order valence-electron chi connectivity index (χ0n) is 18.6. The smallest absolute Gasteiger partial charge is 0.227 e. The minimum Gasteiger partial charge on any atom is -0.352 e. The third-order valence-electron chi connectivity index (χ3n) is 5.91. The number of benzene rings is 1. The second-order valence-corrected chi connectivity index (χ2v) is 8.26. The predicted octanol–water partition coefficient (Wildman–Crippen LogP) is 3.59. The Morgan fingerprint density at radius 2 is 1.94 bits per heavy atom. The van der Waals surface area contributed by atoms with Gasteiger partial charge in [-0.1, -0.05) is 25.5 Å². The van der Waals surface area contributed by atoms with E-state index in [0.717, 1.165) is 42.2 Å². The van der Waals surface area contributed by atoms with Crippen LogP contribution in [-0.2, 0) is 22.6 Å². The van der Waals surface area contributed by atoms with Gasteiger partial charge in [0.1, 0.15) is 11.6 Å². The number of unbranched alkanes of at least 4 members (excludes halogenated alkanes) is 1. The van der Waals surface area contributed by atoms with Crippen LogP contribution in [-0.4, -0.2) is 32.9 Å². The number of hydrogen-bond donors (Lipinski definition) is 1. The van der Waals surface area contributed by atoms with E-state index in [2.05, 4.69) is 34.3 Å². The fourth-order valence-electron chi connectivity index (χ4n) is 4.01. The Hall–Kier alpha value is -3.48. The third kappa shape index (κ3) is 4.88. The Labute approximate surface area is 188 Å². The molecule has 4 rings (SSSR count). The number of pyridine rings is 1.